The Morgan fingerprint density at radius 1 is 1.39 bits per heavy atom. The molecule has 8 nitrogen and oxygen atoms in total. The molecule has 0 aliphatic carbocycles. The largest absolute Gasteiger partial charge is 0.383 e. The Morgan fingerprint density at radius 3 is 2.61 bits per heavy atom. The maximum atomic E-state index is 12.1. The molecule has 1 aliphatic rings. The van der Waals surface area contributed by atoms with Crippen molar-refractivity contribution < 1.29 is 22.7 Å². The van der Waals surface area contributed by atoms with E-state index in [0.29, 0.717) is 25.3 Å². The second-order valence-electron chi connectivity index (χ2n) is 5.28. The minimum Gasteiger partial charge on any atom is -0.383 e. The highest BCUT2D eigenvalue weighted by molar-refractivity contribution is 7.89. The number of primary sulfonamides is 1. The number of benzene rings is 1. The molecule has 0 aromatic heterocycles. The van der Waals surface area contributed by atoms with Crippen LogP contribution in [0.25, 0.3) is 0 Å². The van der Waals surface area contributed by atoms with Crippen molar-refractivity contribution in [2.24, 2.45) is 5.14 Å². The monoisotopic (exact) mass is 341 g/mol. The first-order valence-corrected chi connectivity index (χ1v) is 8.56. The number of nitrogens with two attached hydrogens (primary N) is 1. The number of hydrogen-bond donors (Lipinski definition) is 2. The van der Waals surface area contributed by atoms with Crippen molar-refractivity contribution in [3.8, 4) is 0 Å². The molecule has 0 saturated carbocycles. The number of likely N-dealkylation sites (tertiary alicyclic amines) is 1. The summed E-state index contributed by atoms with van der Waals surface area (Å²) >= 11 is 0. The summed E-state index contributed by atoms with van der Waals surface area (Å²) in [6.45, 7) is 1.37. The maximum Gasteiger partial charge on any atom is 0.251 e. The van der Waals surface area contributed by atoms with E-state index < -0.39 is 10.0 Å². The van der Waals surface area contributed by atoms with Crippen molar-refractivity contribution in [1.82, 2.24) is 10.2 Å². The van der Waals surface area contributed by atoms with Gasteiger partial charge in [0, 0.05) is 32.2 Å². The van der Waals surface area contributed by atoms with Gasteiger partial charge in [0.25, 0.3) is 5.91 Å². The van der Waals surface area contributed by atoms with Crippen molar-refractivity contribution in [2.45, 2.75) is 17.4 Å². The Bertz CT molecular complexity index is 687. The lowest BCUT2D eigenvalue weighted by Crippen LogP contribution is -2.37. The molecule has 3 N–H and O–H groups in total. The van der Waals surface area contributed by atoms with Crippen LogP contribution in [0.4, 0.5) is 0 Å². The maximum absolute atomic E-state index is 12.1. The topological polar surface area (TPSA) is 119 Å². The van der Waals surface area contributed by atoms with Crippen molar-refractivity contribution >= 4 is 21.8 Å². The summed E-state index contributed by atoms with van der Waals surface area (Å²) in [5.41, 5.74) is 0.306. The number of carbonyl (C=O) groups is 2. The second kappa shape index (κ2) is 7.07. The van der Waals surface area contributed by atoms with Gasteiger partial charge in [0.05, 0.1) is 17.5 Å². The Hall–Kier alpha value is -1.97. The molecule has 1 saturated heterocycles. The molecule has 0 bridgehead atoms. The fourth-order valence-electron chi connectivity index (χ4n) is 2.35. The van der Waals surface area contributed by atoms with Crippen LogP contribution in [0.1, 0.15) is 16.8 Å². The summed E-state index contributed by atoms with van der Waals surface area (Å²) in [6, 6.07) is 5.04. The highest BCUT2D eigenvalue weighted by atomic mass is 32.2. The molecule has 2 amide bonds. The molecule has 1 aromatic rings. The molecule has 1 fully saturated rings. The van der Waals surface area contributed by atoms with Crippen LogP contribution in [0.15, 0.2) is 29.2 Å². The van der Waals surface area contributed by atoms with Crippen LogP contribution in [0.5, 0.6) is 0 Å². The number of nitrogens with one attached hydrogen (secondary N) is 1. The van der Waals surface area contributed by atoms with Gasteiger partial charge in [-0.05, 0) is 24.3 Å². The third-order valence-electron chi connectivity index (χ3n) is 3.56. The van der Waals surface area contributed by atoms with Gasteiger partial charge in [-0.25, -0.2) is 13.6 Å². The van der Waals surface area contributed by atoms with Gasteiger partial charge in [-0.2, -0.15) is 0 Å². The van der Waals surface area contributed by atoms with Crippen LogP contribution < -0.4 is 10.5 Å². The van der Waals surface area contributed by atoms with E-state index in [-0.39, 0.29) is 29.2 Å². The highest BCUT2D eigenvalue weighted by Gasteiger charge is 2.30. The third-order valence-corrected chi connectivity index (χ3v) is 4.49. The zero-order valence-corrected chi connectivity index (χ0v) is 13.5. The van der Waals surface area contributed by atoms with Gasteiger partial charge < -0.3 is 15.0 Å². The predicted octanol–water partition coefficient (Wildman–Crippen LogP) is -0.689. The summed E-state index contributed by atoms with van der Waals surface area (Å²) in [5.74, 6) is -0.394. The minimum absolute atomic E-state index is 0.0306. The molecule has 1 heterocycles. The van der Waals surface area contributed by atoms with Crippen LogP contribution in [-0.4, -0.2) is 58.0 Å². The number of ether oxygens (including phenoxy) is 1. The predicted molar refractivity (Wildman–Crippen MR) is 82.1 cm³/mol. The van der Waals surface area contributed by atoms with E-state index in [9.17, 15) is 18.0 Å². The first kappa shape index (κ1) is 17.4. The normalized spacial score (nSPS) is 18.3. The molecule has 23 heavy (non-hydrogen) atoms. The average Bonchev–Trinajstić information content (AvgIpc) is 2.84. The summed E-state index contributed by atoms with van der Waals surface area (Å²) in [7, 11) is -2.23. The number of sulfonamides is 1. The molecule has 1 aliphatic heterocycles. The van der Waals surface area contributed by atoms with E-state index in [1.807, 2.05) is 0 Å². The lowest BCUT2D eigenvalue weighted by atomic mass is 10.2. The van der Waals surface area contributed by atoms with Gasteiger partial charge >= 0.3 is 0 Å². The molecule has 0 radical (unpaired) electrons. The van der Waals surface area contributed by atoms with E-state index >= 15 is 0 Å². The molecule has 0 spiro atoms. The van der Waals surface area contributed by atoms with E-state index in [0.717, 1.165) is 0 Å². The van der Waals surface area contributed by atoms with Gasteiger partial charge in [-0.15, -0.1) is 0 Å². The average molecular weight is 341 g/mol. The number of rotatable bonds is 6. The molecule has 9 heteroatoms. The quantitative estimate of drug-likeness (QED) is 0.710. The fraction of sp³-hybridized carbons (Fsp3) is 0.429. The number of methoxy groups -OCH3 is 1. The molecule has 126 valence electrons. The zero-order valence-electron chi connectivity index (χ0n) is 12.7. The first-order chi connectivity index (χ1) is 10.8. The SMILES string of the molecule is COCCN1C[C@@H](NC(=O)c2ccc(S(N)(=O)=O)cc2)CC1=O. The van der Waals surface area contributed by atoms with E-state index in [1.165, 1.54) is 24.3 Å². The molecule has 1 aromatic carbocycles. The van der Waals surface area contributed by atoms with Gasteiger partial charge in [-0.3, -0.25) is 9.59 Å². The molecule has 1 atom stereocenters. The van der Waals surface area contributed by atoms with Crippen LogP contribution in [0, 0.1) is 0 Å². The molecule has 2 rings (SSSR count). The van der Waals surface area contributed by atoms with Crippen molar-refractivity contribution in [2.75, 3.05) is 26.8 Å². The zero-order chi connectivity index (χ0) is 17.0. The molecule has 0 unspecified atom stereocenters. The highest BCUT2D eigenvalue weighted by Crippen LogP contribution is 2.13. The molecular weight excluding hydrogens is 322 g/mol. The van der Waals surface area contributed by atoms with Crippen molar-refractivity contribution in [3.05, 3.63) is 29.8 Å². The Morgan fingerprint density at radius 2 is 2.04 bits per heavy atom. The number of hydrogen-bond acceptors (Lipinski definition) is 5. The Labute approximate surface area is 134 Å². The lowest BCUT2D eigenvalue weighted by molar-refractivity contribution is -0.128. The number of amides is 2. The third kappa shape index (κ3) is 4.50. The van der Waals surface area contributed by atoms with Crippen LogP contribution in [0.2, 0.25) is 0 Å². The standard InChI is InChI=1S/C14H19N3O5S/c1-22-7-6-17-9-11(8-13(17)18)16-14(19)10-2-4-12(5-3-10)23(15,20)21/h2-5,11H,6-9H2,1H3,(H,16,19)(H2,15,20,21)/t11-/m0/s1. The molecular formula is C14H19N3O5S. The summed E-state index contributed by atoms with van der Waals surface area (Å²) in [6.07, 6.45) is 0.241. The van der Waals surface area contributed by atoms with E-state index in [2.05, 4.69) is 5.32 Å². The van der Waals surface area contributed by atoms with Crippen LogP contribution in [-0.2, 0) is 19.6 Å². The Kier molecular flexibility index (Phi) is 5.34. The van der Waals surface area contributed by atoms with Crippen molar-refractivity contribution in [3.63, 3.8) is 0 Å². The second-order valence-corrected chi connectivity index (χ2v) is 6.84. The van der Waals surface area contributed by atoms with Gasteiger partial charge in [0.1, 0.15) is 0 Å². The summed E-state index contributed by atoms with van der Waals surface area (Å²) in [5, 5.41) is 7.77. The van der Waals surface area contributed by atoms with Gasteiger partial charge in [0.2, 0.25) is 15.9 Å². The van der Waals surface area contributed by atoms with Gasteiger partial charge in [-0.1, -0.05) is 0 Å². The number of carbonyl (C=O) groups excluding carboxylic acids is 2. The lowest BCUT2D eigenvalue weighted by Gasteiger charge is -2.16. The Balaban J connectivity index is 1.96. The summed E-state index contributed by atoms with van der Waals surface area (Å²) < 4.78 is 27.3. The van der Waals surface area contributed by atoms with Crippen molar-refractivity contribution in [1.29, 1.82) is 0 Å². The van der Waals surface area contributed by atoms with Crippen LogP contribution >= 0.6 is 0 Å². The van der Waals surface area contributed by atoms with Gasteiger partial charge in [0.15, 0.2) is 0 Å². The van der Waals surface area contributed by atoms with Crippen LogP contribution in [0.3, 0.4) is 0 Å². The van der Waals surface area contributed by atoms with E-state index in [4.69, 9.17) is 9.88 Å². The first-order valence-electron chi connectivity index (χ1n) is 7.01. The smallest absolute Gasteiger partial charge is 0.251 e. The number of nitrogens with zero attached hydrogens (tertiary/aromatic N) is 1. The van der Waals surface area contributed by atoms with E-state index in [1.54, 1.807) is 12.0 Å². The summed E-state index contributed by atoms with van der Waals surface area (Å²) in [4.78, 5) is 25.5. The fourth-order valence-corrected chi connectivity index (χ4v) is 2.87. The minimum atomic E-state index is -3.79.